The van der Waals surface area contributed by atoms with Crippen LogP contribution in [0.2, 0.25) is 0 Å². The number of carbonyl (C=O) groups is 1. The molecule has 0 spiro atoms. The van der Waals surface area contributed by atoms with Crippen molar-refractivity contribution in [2.75, 3.05) is 53.0 Å². The minimum atomic E-state index is -3.65. The summed E-state index contributed by atoms with van der Waals surface area (Å²) in [5.74, 6) is 0.415. The highest BCUT2D eigenvalue weighted by Crippen LogP contribution is 2.28. The van der Waals surface area contributed by atoms with E-state index in [1.165, 1.54) is 15.6 Å². The van der Waals surface area contributed by atoms with E-state index in [9.17, 15) is 13.2 Å². The van der Waals surface area contributed by atoms with Crippen LogP contribution in [0.15, 0.2) is 16.3 Å². The quantitative estimate of drug-likeness (QED) is 0.771. The van der Waals surface area contributed by atoms with Crippen LogP contribution >= 0.6 is 23.7 Å². The molecule has 148 valence electrons. The molecule has 0 atom stereocenters. The number of thiophene rings is 1. The third-order valence-electron chi connectivity index (χ3n) is 4.81. The summed E-state index contributed by atoms with van der Waals surface area (Å²) in [4.78, 5) is 15.1. The highest BCUT2D eigenvalue weighted by Gasteiger charge is 2.33. The Labute approximate surface area is 165 Å². The minimum Gasteiger partial charge on any atom is -0.379 e. The molecule has 0 saturated carbocycles. The summed E-state index contributed by atoms with van der Waals surface area (Å²) in [7, 11) is -1.71. The average molecular weight is 424 g/mol. The number of nitrogens with zero attached hydrogens (tertiary/aromatic N) is 2. The van der Waals surface area contributed by atoms with E-state index in [2.05, 4.69) is 5.32 Å². The van der Waals surface area contributed by atoms with Crippen LogP contribution in [0.5, 0.6) is 0 Å². The predicted molar refractivity (Wildman–Crippen MR) is 104 cm³/mol. The number of carbonyl (C=O) groups excluding carboxylic acids is 1. The molecule has 2 saturated heterocycles. The lowest BCUT2D eigenvalue weighted by Gasteiger charge is -2.32. The number of rotatable bonds is 5. The zero-order chi connectivity index (χ0) is 17.9. The van der Waals surface area contributed by atoms with Gasteiger partial charge in [-0.1, -0.05) is 0 Å². The van der Waals surface area contributed by atoms with Crippen molar-refractivity contribution < 1.29 is 17.9 Å². The molecular formula is C16H26ClN3O4S2. The van der Waals surface area contributed by atoms with Gasteiger partial charge in [0.05, 0.1) is 13.2 Å². The van der Waals surface area contributed by atoms with Gasteiger partial charge in [0.25, 0.3) is 5.91 Å². The second-order valence-electron chi connectivity index (χ2n) is 6.42. The Morgan fingerprint density at radius 2 is 1.92 bits per heavy atom. The number of morpholine rings is 1. The van der Waals surface area contributed by atoms with Crippen molar-refractivity contribution in [3.05, 3.63) is 16.3 Å². The predicted octanol–water partition coefficient (Wildman–Crippen LogP) is 1.26. The molecule has 0 radical (unpaired) electrons. The molecule has 0 unspecified atom stereocenters. The van der Waals surface area contributed by atoms with Crippen LogP contribution in [-0.4, -0.2) is 76.5 Å². The van der Waals surface area contributed by atoms with Crippen LogP contribution in [0.3, 0.4) is 0 Å². The molecule has 1 aromatic heterocycles. The third-order valence-corrected chi connectivity index (χ3v) is 7.78. The molecule has 3 rings (SSSR count). The molecule has 1 amide bonds. The second kappa shape index (κ2) is 9.48. The highest BCUT2D eigenvalue weighted by molar-refractivity contribution is 7.89. The molecule has 0 bridgehead atoms. The highest BCUT2D eigenvalue weighted by atomic mass is 35.5. The average Bonchev–Trinajstić information content (AvgIpc) is 3.13. The molecule has 26 heavy (non-hydrogen) atoms. The normalized spacial score (nSPS) is 20.0. The number of sulfonamides is 1. The van der Waals surface area contributed by atoms with Crippen LogP contribution in [0.4, 0.5) is 0 Å². The lowest BCUT2D eigenvalue weighted by Crippen LogP contribution is -2.42. The summed E-state index contributed by atoms with van der Waals surface area (Å²) in [6.07, 6.45) is 1.90. The van der Waals surface area contributed by atoms with Crippen molar-refractivity contribution in [3.8, 4) is 0 Å². The maximum Gasteiger partial charge on any atom is 0.265 e. The fourth-order valence-electron chi connectivity index (χ4n) is 3.36. The summed E-state index contributed by atoms with van der Waals surface area (Å²) in [6.45, 7) is 3.78. The lowest BCUT2D eigenvalue weighted by molar-refractivity contribution is 0.0689. The van der Waals surface area contributed by atoms with Gasteiger partial charge in [0.15, 0.2) is 0 Å². The van der Waals surface area contributed by atoms with Crippen LogP contribution in [-0.2, 0) is 14.8 Å². The Kier molecular flexibility index (Phi) is 7.87. The number of piperidine rings is 1. The smallest absolute Gasteiger partial charge is 0.265 e. The van der Waals surface area contributed by atoms with E-state index in [4.69, 9.17) is 4.74 Å². The van der Waals surface area contributed by atoms with Crippen LogP contribution in [0, 0.1) is 5.92 Å². The molecule has 2 aliphatic rings. The van der Waals surface area contributed by atoms with Gasteiger partial charge in [-0.2, -0.15) is 4.31 Å². The second-order valence-corrected chi connectivity index (χ2v) is 9.25. The number of hydrogen-bond donors (Lipinski definition) is 1. The number of likely N-dealkylation sites (tertiary alicyclic amines) is 1. The molecule has 2 aliphatic heterocycles. The Hall–Kier alpha value is -0.710. The van der Waals surface area contributed by atoms with Gasteiger partial charge in [-0.25, -0.2) is 8.42 Å². The van der Waals surface area contributed by atoms with Gasteiger partial charge >= 0.3 is 0 Å². The third kappa shape index (κ3) is 4.58. The summed E-state index contributed by atoms with van der Waals surface area (Å²) in [5.41, 5.74) is 0. The van der Waals surface area contributed by atoms with Crippen molar-refractivity contribution in [1.82, 2.24) is 14.5 Å². The lowest BCUT2D eigenvalue weighted by atomic mass is 9.97. The van der Waals surface area contributed by atoms with E-state index in [0.29, 0.717) is 50.2 Å². The van der Waals surface area contributed by atoms with Gasteiger partial charge in [0.1, 0.15) is 9.77 Å². The van der Waals surface area contributed by atoms with Gasteiger partial charge in [-0.3, -0.25) is 4.79 Å². The number of hydrogen-bond acceptors (Lipinski definition) is 6. The fourth-order valence-corrected chi connectivity index (χ4v) is 6.13. The summed E-state index contributed by atoms with van der Waals surface area (Å²) in [6, 6.07) is 1.55. The topological polar surface area (TPSA) is 79.0 Å². The zero-order valence-corrected chi connectivity index (χ0v) is 17.3. The van der Waals surface area contributed by atoms with Crippen LogP contribution in [0.1, 0.15) is 22.5 Å². The van der Waals surface area contributed by atoms with Gasteiger partial charge in [0, 0.05) is 26.2 Å². The first-order valence-electron chi connectivity index (χ1n) is 8.63. The molecule has 0 aromatic carbocycles. The summed E-state index contributed by atoms with van der Waals surface area (Å²) >= 11 is 1.21. The summed E-state index contributed by atoms with van der Waals surface area (Å²) < 4.78 is 32.4. The van der Waals surface area contributed by atoms with E-state index >= 15 is 0 Å². The van der Waals surface area contributed by atoms with Crippen molar-refractivity contribution >= 4 is 39.7 Å². The van der Waals surface area contributed by atoms with Crippen molar-refractivity contribution in [1.29, 1.82) is 0 Å². The Bertz CT molecular complexity index is 696. The van der Waals surface area contributed by atoms with Crippen molar-refractivity contribution in [2.24, 2.45) is 5.92 Å². The molecular weight excluding hydrogens is 398 g/mol. The number of amides is 1. The van der Waals surface area contributed by atoms with Crippen molar-refractivity contribution in [2.45, 2.75) is 17.7 Å². The Morgan fingerprint density at radius 3 is 2.54 bits per heavy atom. The molecule has 1 N–H and O–H groups in total. The number of ether oxygens (including phenoxy) is 1. The molecule has 3 heterocycles. The standard InChI is InChI=1S/C16H25N3O4S2.ClH/c1-17-12-13-2-5-18(6-3-13)16(20)15-14(4-11-24-15)25(21,22)19-7-9-23-10-8-19;/h4,11,13,17H,2-3,5-10,12H2,1H3;1H. The molecule has 7 nitrogen and oxygen atoms in total. The zero-order valence-electron chi connectivity index (χ0n) is 14.8. The van der Waals surface area contributed by atoms with Gasteiger partial charge in [-0.15, -0.1) is 23.7 Å². The van der Waals surface area contributed by atoms with E-state index in [0.717, 1.165) is 19.4 Å². The van der Waals surface area contributed by atoms with Crippen LogP contribution in [0.25, 0.3) is 0 Å². The number of nitrogens with one attached hydrogen (secondary N) is 1. The first-order chi connectivity index (χ1) is 12.0. The molecule has 0 aliphatic carbocycles. The Balaban J connectivity index is 0.00000243. The first kappa shape index (κ1) is 21.6. The Morgan fingerprint density at radius 1 is 1.27 bits per heavy atom. The molecule has 10 heteroatoms. The maximum absolute atomic E-state index is 12.9. The fraction of sp³-hybridized carbons (Fsp3) is 0.688. The van der Waals surface area contributed by atoms with E-state index < -0.39 is 10.0 Å². The number of halogens is 1. The molecule has 2 fully saturated rings. The van der Waals surface area contributed by atoms with Crippen molar-refractivity contribution in [3.63, 3.8) is 0 Å². The van der Waals surface area contributed by atoms with Gasteiger partial charge in [0.2, 0.25) is 10.0 Å². The van der Waals surface area contributed by atoms with E-state index in [-0.39, 0.29) is 23.2 Å². The SMILES string of the molecule is CNCC1CCN(C(=O)c2sccc2S(=O)(=O)N2CCOCC2)CC1.Cl. The van der Waals surface area contributed by atoms with Gasteiger partial charge in [-0.05, 0) is 43.8 Å². The molecule has 1 aromatic rings. The van der Waals surface area contributed by atoms with Gasteiger partial charge < -0.3 is 15.0 Å². The largest absolute Gasteiger partial charge is 0.379 e. The summed E-state index contributed by atoms with van der Waals surface area (Å²) in [5, 5.41) is 4.87. The minimum absolute atomic E-state index is 0. The monoisotopic (exact) mass is 423 g/mol. The van der Waals surface area contributed by atoms with E-state index in [1.807, 2.05) is 7.05 Å². The maximum atomic E-state index is 12.9. The van der Waals surface area contributed by atoms with Crippen LogP contribution < -0.4 is 5.32 Å². The first-order valence-corrected chi connectivity index (χ1v) is 10.9. The van der Waals surface area contributed by atoms with E-state index in [1.54, 1.807) is 16.3 Å².